The van der Waals surface area contributed by atoms with Gasteiger partial charge in [-0.2, -0.15) is 0 Å². The predicted molar refractivity (Wildman–Crippen MR) is 108 cm³/mol. The quantitative estimate of drug-likeness (QED) is 0.505. The zero-order valence-electron chi connectivity index (χ0n) is 14.9. The molecule has 2 amide bonds. The first-order valence-corrected chi connectivity index (χ1v) is 9.97. The van der Waals surface area contributed by atoms with Gasteiger partial charge < -0.3 is 10.6 Å². The molecular weight excluding hydrogens is 380 g/mol. The molecule has 0 aliphatic heterocycles. The number of nitrogens with one attached hydrogen (secondary N) is 2. The van der Waals surface area contributed by atoms with Crippen LogP contribution < -0.4 is 10.6 Å². The van der Waals surface area contributed by atoms with Gasteiger partial charge in [0, 0.05) is 10.6 Å². The Morgan fingerprint density at radius 1 is 0.889 bits per heavy atom. The maximum absolute atomic E-state index is 12.3. The summed E-state index contributed by atoms with van der Waals surface area (Å²) in [5.41, 5.74) is 2.44. The van der Waals surface area contributed by atoms with E-state index in [-0.39, 0.29) is 12.3 Å². The van der Waals surface area contributed by atoms with Crippen LogP contribution in [0.3, 0.4) is 0 Å². The highest BCUT2D eigenvalue weighted by atomic mass is 32.1. The molecule has 7 heteroatoms. The summed E-state index contributed by atoms with van der Waals surface area (Å²) in [7, 11) is 0. The van der Waals surface area contributed by atoms with E-state index in [4.69, 9.17) is 0 Å². The van der Waals surface area contributed by atoms with Gasteiger partial charge in [0.1, 0.15) is 0 Å². The van der Waals surface area contributed by atoms with E-state index in [1.54, 1.807) is 18.2 Å². The van der Waals surface area contributed by atoms with Crippen molar-refractivity contribution >= 4 is 46.0 Å². The Morgan fingerprint density at radius 2 is 1.63 bits per heavy atom. The Hall–Kier alpha value is -2.77. The van der Waals surface area contributed by atoms with Crippen LogP contribution >= 0.6 is 22.7 Å². The van der Waals surface area contributed by atoms with Crippen molar-refractivity contribution < 1.29 is 14.4 Å². The summed E-state index contributed by atoms with van der Waals surface area (Å²) in [6, 6.07) is 12.8. The Bertz CT molecular complexity index is 970. The molecule has 1 aromatic carbocycles. The lowest BCUT2D eigenvalue weighted by atomic mass is 10.1. The van der Waals surface area contributed by atoms with E-state index < -0.39 is 11.8 Å². The number of hydrogen-bond acceptors (Lipinski definition) is 5. The summed E-state index contributed by atoms with van der Waals surface area (Å²) < 4.78 is 0. The average Bonchev–Trinajstić information content (AvgIpc) is 3.34. The van der Waals surface area contributed by atoms with Crippen LogP contribution in [0.15, 0.2) is 47.8 Å². The van der Waals surface area contributed by atoms with Crippen molar-refractivity contribution in [1.82, 2.24) is 5.32 Å². The molecule has 0 aliphatic rings. The summed E-state index contributed by atoms with van der Waals surface area (Å²) in [5, 5.41) is 7.11. The second kappa shape index (κ2) is 8.28. The van der Waals surface area contributed by atoms with E-state index in [1.165, 1.54) is 22.7 Å². The molecule has 5 nitrogen and oxygen atoms in total. The van der Waals surface area contributed by atoms with Gasteiger partial charge in [0.25, 0.3) is 0 Å². The van der Waals surface area contributed by atoms with Crippen molar-refractivity contribution in [3.05, 3.63) is 73.6 Å². The molecule has 0 spiro atoms. The van der Waals surface area contributed by atoms with Crippen LogP contribution in [0.2, 0.25) is 0 Å². The summed E-state index contributed by atoms with van der Waals surface area (Å²) in [6.45, 7) is 3.94. The lowest BCUT2D eigenvalue weighted by Crippen LogP contribution is -2.35. The minimum atomic E-state index is -0.711. The first-order chi connectivity index (χ1) is 13.0. The summed E-state index contributed by atoms with van der Waals surface area (Å²) in [5.74, 6) is -1.45. The number of carbonyl (C=O) groups excluding carboxylic acids is 3. The highest BCUT2D eigenvalue weighted by molar-refractivity contribution is 7.16. The van der Waals surface area contributed by atoms with E-state index in [2.05, 4.69) is 10.6 Å². The van der Waals surface area contributed by atoms with Gasteiger partial charge in [-0.3, -0.25) is 14.4 Å². The van der Waals surface area contributed by atoms with Crippen LogP contribution in [-0.2, 0) is 16.1 Å². The zero-order chi connectivity index (χ0) is 19.4. The molecule has 27 heavy (non-hydrogen) atoms. The van der Waals surface area contributed by atoms with Gasteiger partial charge >= 0.3 is 11.8 Å². The monoisotopic (exact) mass is 398 g/mol. The number of hydrogen-bond donors (Lipinski definition) is 2. The van der Waals surface area contributed by atoms with Crippen molar-refractivity contribution in [3.63, 3.8) is 0 Å². The fraction of sp³-hybridized carbons (Fsp3) is 0.150. The van der Waals surface area contributed by atoms with Gasteiger partial charge in [0.15, 0.2) is 0 Å². The van der Waals surface area contributed by atoms with E-state index in [1.807, 2.05) is 43.5 Å². The van der Waals surface area contributed by atoms with E-state index >= 15 is 0 Å². The second-order valence-electron chi connectivity index (χ2n) is 5.98. The number of aryl methyl sites for hydroxylation is 2. The maximum Gasteiger partial charge on any atom is 0.313 e. The van der Waals surface area contributed by atoms with E-state index in [0.29, 0.717) is 15.4 Å². The van der Waals surface area contributed by atoms with Crippen LogP contribution in [-0.4, -0.2) is 17.6 Å². The Kier molecular flexibility index (Phi) is 5.83. The van der Waals surface area contributed by atoms with Crippen LogP contribution in [0.1, 0.15) is 30.6 Å². The Balaban J connectivity index is 1.58. The molecule has 2 aromatic heterocycles. The number of carbonyl (C=O) groups is 3. The van der Waals surface area contributed by atoms with Crippen LogP contribution in [0.5, 0.6) is 0 Å². The molecule has 0 radical (unpaired) electrons. The zero-order valence-corrected chi connectivity index (χ0v) is 16.5. The van der Waals surface area contributed by atoms with Crippen molar-refractivity contribution in [2.24, 2.45) is 0 Å². The van der Waals surface area contributed by atoms with Crippen molar-refractivity contribution in [1.29, 1.82) is 0 Å². The molecule has 0 atom stereocenters. The van der Waals surface area contributed by atoms with E-state index in [9.17, 15) is 14.4 Å². The fourth-order valence-corrected chi connectivity index (χ4v) is 4.20. The lowest BCUT2D eigenvalue weighted by Gasteiger charge is -2.11. The third-order valence-corrected chi connectivity index (χ3v) is 5.93. The molecule has 0 saturated heterocycles. The van der Waals surface area contributed by atoms with Gasteiger partial charge in [-0.25, -0.2) is 0 Å². The molecule has 0 fully saturated rings. The molecule has 0 bridgehead atoms. The van der Waals surface area contributed by atoms with Crippen LogP contribution in [0.4, 0.5) is 5.69 Å². The Morgan fingerprint density at radius 3 is 2.30 bits per heavy atom. The number of rotatable bonds is 5. The normalized spacial score (nSPS) is 10.4. The summed E-state index contributed by atoms with van der Waals surface area (Å²) in [6.07, 6.45) is 0. The smallest absolute Gasteiger partial charge is 0.313 e. The minimum Gasteiger partial charge on any atom is -0.343 e. The predicted octanol–water partition coefficient (Wildman–Crippen LogP) is 3.91. The third-order valence-electron chi connectivity index (χ3n) is 3.98. The lowest BCUT2D eigenvalue weighted by molar-refractivity contribution is -0.136. The fourth-order valence-electron chi connectivity index (χ4n) is 2.55. The molecule has 0 unspecified atom stereocenters. The number of amides is 2. The highest BCUT2D eigenvalue weighted by Crippen LogP contribution is 2.22. The van der Waals surface area contributed by atoms with Crippen LogP contribution in [0.25, 0.3) is 0 Å². The highest BCUT2D eigenvalue weighted by Gasteiger charge is 2.17. The van der Waals surface area contributed by atoms with Gasteiger partial charge in [-0.15, -0.1) is 22.7 Å². The number of para-hydroxylation sites is 1. The second-order valence-corrected chi connectivity index (χ2v) is 8.09. The first-order valence-electron chi connectivity index (χ1n) is 8.28. The standard InChI is InChI=1S/C20H18N2O3S2/c1-12-5-3-6-13(2)17(12)22-20(25)19(24)21-11-14-8-9-16(27-14)18(23)15-7-4-10-26-15/h3-10H,11H2,1-2H3,(H,21,24)(H,22,25). The minimum absolute atomic E-state index is 0.0275. The van der Waals surface area contributed by atoms with Gasteiger partial charge in [-0.1, -0.05) is 24.3 Å². The maximum atomic E-state index is 12.3. The molecule has 0 aliphatic carbocycles. The van der Waals surface area contributed by atoms with Crippen LogP contribution in [0, 0.1) is 13.8 Å². The number of anilines is 1. The summed E-state index contributed by atoms with van der Waals surface area (Å²) in [4.78, 5) is 38.6. The Labute approximate surface area is 165 Å². The molecular formula is C20H18N2O3S2. The SMILES string of the molecule is Cc1cccc(C)c1NC(=O)C(=O)NCc1ccc(C(=O)c2cccs2)s1. The molecule has 3 aromatic rings. The molecule has 3 rings (SSSR count). The molecule has 2 heterocycles. The van der Waals surface area contributed by atoms with Gasteiger partial charge in [-0.05, 0) is 48.6 Å². The number of benzene rings is 1. The van der Waals surface area contributed by atoms with Crippen molar-refractivity contribution in [2.45, 2.75) is 20.4 Å². The topological polar surface area (TPSA) is 75.3 Å². The van der Waals surface area contributed by atoms with Gasteiger partial charge in [0.05, 0.1) is 16.3 Å². The first kappa shape index (κ1) is 19.0. The summed E-state index contributed by atoms with van der Waals surface area (Å²) >= 11 is 2.71. The van der Waals surface area contributed by atoms with Gasteiger partial charge in [0.2, 0.25) is 5.78 Å². The van der Waals surface area contributed by atoms with Crippen molar-refractivity contribution in [2.75, 3.05) is 5.32 Å². The number of ketones is 1. The van der Waals surface area contributed by atoms with E-state index in [0.717, 1.165) is 16.0 Å². The third kappa shape index (κ3) is 4.50. The molecule has 2 N–H and O–H groups in total. The largest absolute Gasteiger partial charge is 0.343 e. The van der Waals surface area contributed by atoms with Crippen molar-refractivity contribution in [3.8, 4) is 0 Å². The number of thiophene rings is 2. The average molecular weight is 399 g/mol. The molecule has 0 saturated carbocycles. The molecule has 138 valence electrons.